The van der Waals surface area contributed by atoms with Gasteiger partial charge in [-0.15, -0.1) is 0 Å². The maximum Gasteiger partial charge on any atom is 0.275 e. The fraction of sp³-hybridized carbons (Fsp3) is 0. The molecule has 0 saturated heterocycles. The van der Waals surface area contributed by atoms with Crippen molar-refractivity contribution in [2.75, 3.05) is 0 Å². The standard InChI is InChI=1S/C16H11BrN2O/c17-13-8-6-12(7-9-13)15-18-14(16(20)19-15)10-11-4-2-1-3-5-11/h1-10H,(H,18,19,20). The molecule has 0 aliphatic carbocycles. The number of amides is 1. The Morgan fingerprint density at radius 1 is 1.00 bits per heavy atom. The monoisotopic (exact) mass is 326 g/mol. The second kappa shape index (κ2) is 5.43. The van der Waals surface area contributed by atoms with E-state index >= 15 is 0 Å². The van der Waals surface area contributed by atoms with Crippen molar-refractivity contribution in [2.24, 2.45) is 4.99 Å². The number of carbonyl (C=O) groups excluding carboxylic acids is 1. The summed E-state index contributed by atoms with van der Waals surface area (Å²) >= 11 is 3.38. The molecule has 0 aromatic heterocycles. The topological polar surface area (TPSA) is 41.5 Å². The van der Waals surface area contributed by atoms with Gasteiger partial charge < -0.3 is 5.32 Å². The van der Waals surface area contributed by atoms with E-state index in [0.29, 0.717) is 11.5 Å². The van der Waals surface area contributed by atoms with Gasteiger partial charge in [-0.2, -0.15) is 0 Å². The lowest BCUT2D eigenvalue weighted by molar-refractivity contribution is -0.115. The molecule has 0 unspecified atom stereocenters. The molecule has 2 aromatic carbocycles. The number of nitrogens with one attached hydrogen (secondary N) is 1. The van der Waals surface area contributed by atoms with Gasteiger partial charge in [0, 0.05) is 10.0 Å². The number of amidine groups is 1. The van der Waals surface area contributed by atoms with Crippen LogP contribution in [0.15, 0.2) is 69.8 Å². The third kappa shape index (κ3) is 2.70. The van der Waals surface area contributed by atoms with E-state index in [4.69, 9.17) is 0 Å². The van der Waals surface area contributed by atoms with Crippen LogP contribution in [0.1, 0.15) is 11.1 Å². The Bertz CT molecular complexity index is 703. The van der Waals surface area contributed by atoms with E-state index in [-0.39, 0.29) is 5.91 Å². The zero-order valence-electron chi connectivity index (χ0n) is 10.5. The summed E-state index contributed by atoms with van der Waals surface area (Å²) in [5.41, 5.74) is 2.27. The lowest BCUT2D eigenvalue weighted by Gasteiger charge is -1.99. The molecule has 1 amide bonds. The first-order valence-corrected chi connectivity index (χ1v) is 6.94. The summed E-state index contributed by atoms with van der Waals surface area (Å²) in [7, 11) is 0. The van der Waals surface area contributed by atoms with Crippen LogP contribution in [0.2, 0.25) is 0 Å². The van der Waals surface area contributed by atoms with Gasteiger partial charge in [0.15, 0.2) is 0 Å². The Kier molecular flexibility index (Phi) is 3.48. The third-order valence-corrected chi connectivity index (χ3v) is 3.45. The van der Waals surface area contributed by atoms with Crippen molar-refractivity contribution in [3.05, 3.63) is 75.9 Å². The fourth-order valence-electron chi connectivity index (χ4n) is 1.92. The molecule has 1 aliphatic heterocycles. The predicted molar refractivity (Wildman–Crippen MR) is 83.2 cm³/mol. The second-order valence-corrected chi connectivity index (χ2v) is 5.28. The highest BCUT2D eigenvalue weighted by atomic mass is 79.9. The maximum absolute atomic E-state index is 11.9. The van der Waals surface area contributed by atoms with Crippen molar-refractivity contribution in [3.8, 4) is 0 Å². The molecule has 1 heterocycles. The van der Waals surface area contributed by atoms with E-state index in [1.54, 1.807) is 6.08 Å². The summed E-state index contributed by atoms with van der Waals surface area (Å²) < 4.78 is 0.992. The summed E-state index contributed by atoms with van der Waals surface area (Å²) in [5, 5.41) is 2.79. The number of aliphatic imine (C=N–C) groups is 1. The van der Waals surface area contributed by atoms with Crippen LogP contribution in [0.4, 0.5) is 0 Å². The van der Waals surface area contributed by atoms with Crippen molar-refractivity contribution < 1.29 is 4.79 Å². The van der Waals surface area contributed by atoms with Crippen LogP contribution in [-0.2, 0) is 4.79 Å². The molecular formula is C16H11BrN2O. The number of hydrogen-bond acceptors (Lipinski definition) is 2. The minimum atomic E-state index is -0.174. The van der Waals surface area contributed by atoms with Gasteiger partial charge in [0.2, 0.25) is 0 Å². The smallest absolute Gasteiger partial charge is 0.275 e. The van der Waals surface area contributed by atoms with Gasteiger partial charge in [-0.1, -0.05) is 58.4 Å². The fourth-order valence-corrected chi connectivity index (χ4v) is 2.18. The van der Waals surface area contributed by atoms with Crippen LogP contribution < -0.4 is 5.32 Å². The SMILES string of the molecule is O=C1NC(c2ccc(Br)cc2)=NC1=Cc1ccccc1. The van der Waals surface area contributed by atoms with Crippen LogP contribution in [0.3, 0.4) is 0 Å². The molecule has 98 valence electrons. The van der Waals surface area contributed by atoms with Crippen LogP contribution in [-0.4, -0.2) is 11.7 Å². The molecule has 3 nitrogen and oxygen atoms in total. The average molecular weight is 327 g/mol. The average Bonchev–Trinajstić information content (AvgIpc) is 2.82. The van der Waals surface area contributed by atoms with Crippen LogP contribution >= 0.6 is 15.9 Å². The molecule has 1 aliphatic rings. The van der Waals surface area contributed by atoms with Crippen molar-refractivity contribution in [1.82, 2.24) is 5.32 Å². The Morgan fingerprint density at radius 2 is 1.70 bits per heavy atom. The zero-order chi connectivity index (χ0) is 13.9. The van der Waals surface area contributed by atoms with Gasteiger partial charge in [-0.3, -0.25) is 4.79 Å². The van der Waals surface area contributed by atoms with Gasteiger partial charge in [0.1, 0.15) is 11.5 Å². The Labute approximate surface area is 125 Å². The van der Waals surface area contributed by atoms with E-state index in [1.165, 1.54) is 0 Å². The highest BCUT2D eigenvalue weighted by Gasteiger charge is 2.20. The van der Waals surface area contributed by atoms with E-state index in [2.05, 4.69) is 26.2 Å². The van der Waals surface area contributed by atoms with Crippen molar-refractivity contribution >= 4 is 33.7 Å². The molecule has 0 saturated carbocycles. The van der Waals surface area contributed by atoms with Gasteiger partial charge in [-0.05, 0) is 23.8 Å². The molecular weight excluding hydrogens is 316 g/mol. The molecule has 0 radical (unpaired) electrons. The van der Waals surface area contributed by atoms with Crippen LogP contribution in [0, 0.1) is 0 Å². The predicted octanol–water partition coefficient (Wildman–Crippen LogP) is 3.37. The lowest BCUT2D eigenvalue weighted by atomic mass is 10.2. The summed E-state index contributed by atoms with van der Waals surface area (Å²) in [6.45, 7) is 0. The van der Waals surface area contributed by atoms with Crippen LogP contribution in [0.25, 0.3) is 6.08 Å². The van der Waals surface area contributed by atoms with Crippen molar-refractivity contribution in [2.45, 2.75) is 0 Å². The first-order valence-electron chi connectivity index (χ1n) is 6.15. The van der Waals surface area contributed by atoms with E-state index in [1.807, 2.05) is 54.6 Å². The molecule has 0 atom stereocenters. The summed E-state index contributed by atoms with van der Waals surface area (Å²) in [4.78, 5) is 16.3. The Balaban J connectivity index is 1.93. The first kappa shape index (κ1) is 12.8. The van der Waals surface area contributed by atoms with Crippen molar-refractivity contribution in [3.63, 3.8) is 0 Å². The van der Waals surface area contributed by atoms with Gasteiger partial charge in [0.25, 0.3) is 5.91 Å². The van der Waals surface area contributed by atoms with Gasteiger partial charge >= 0.3 is 0 Å². The largest absolute Gasteiger partial charge is 0.305 e. The highest BCUT2D eigenvalue weighted by molar-refractivity contribution is 9.10. The first-order chi connectivity index (χ1) is 9.72. The zero-order valence-corrected chi connectivity index (χ0v) is 12.1. The minimum absolute atomic E-state index is 0.174. The maximum atomic E-state index is 11.9. The van der Waals surface area contributed by atoms with E-state index < -0.39 is 0 Å². The third-order valence-electron chi connectivity index (χ3n) is 2.92. The molecule has 3 rings (SSSR count). The summed E-state index contributed by atoms with van der Waals surface area (Å²) in [6, 6.07) is 17.3. The highest BCUT2D eigenvalue weighted by Crippen LogP contribution is 2.16. The summed E-state index contributed by atoms with van der Waals surface area (Å²) in [5.74, 6) is 0.413. The molecule has 0 bridgehead atoms. The molecule has 4 heteroatoms. The van der Waals surface area contributed by atoms with E-state index in [0.717, 1.165) is 15.6 Å². The molecule has 2 aromatic rings. The Hall–Kier alpha value is -2.20. The lowest BCUT2D eigenvalue weighted by Crippen LogP contribution is -2.24. The minimum Gasteiger partial charge on any atom is -0.305 e. The quantitative estimate of drug-likeness (QED) is 0.844. The normalized spacial score (nSPS) is 16.1. The van der Waals surface area contributed by atoms with E-state index in [9.17, 15) is 4.79 Å². The van der Waals surface area contributed by atoms with Crippen LogP contribution in [0.5, 0.6) is 0 Å². The molecule has 0 fully saturated rings. The molecule has 0 spiro atoms. The molecule has 20 heavy (non-hydrogen) atoms. The number of hydrogen-bond donors (Lipinski definition) is 1. The van der Waals surface area contributed by atoms with Gasteiger partial charge in [0.05, 0.1) is 0 Å². The summed E-state index contributed by atoms with van der Waals surface area (Å²) in [6.07, 6.45) is 1.78. The number of benzene rings is 2. The number of carbonyl (C=O) groups is 1. The Morgan fingerprint density at radius 3 is 2.40 bits per heavy atom. The van der Waals surface area contributed by atoms with Gasteiger partial charge in [-0.25, -0.2) is 4.99 Å². The second-order valence-electron chi connectivity index (χ2n) is 4.36. The van der Waals surface area contributed by atoms with Crippen molar-refractivity contribution in [1.29, 1.82) is 0 Å². The number of rotatable bonds is 2. The molecule has 1 N–H and O–H groups in total. The number of nitrogens with zero attached hydrogens (tertiary/aromatic N) is 1. The number of halogens is 1.